The van der Waals surface area contributed by atoms with E-state index >= 15 is 0 Å². The standard InChI is InChI=1S/C41H34O.C32H23Br.C32H24.C26H35OP.C9H13BO3/c1-25-21-30(33-20-12-14-29-13-6-7-15-32(29)33)22-26(2)38(25)40-34-16-8-10-18-36(34)41(37-19-11-9-17-35(37)40)39-27(3)23-31(42-5)24-28(39)4;1-20-18-23(25-17-9-11-22-10-3-4-12-24(22)25)19-21(2)30(20)31-26-13-5-7-15-28(26)32(33)29-16-8-6-14-27(29)31;1-21-18-26(28-17-9-13-23-10-3-6-14-27(23)28)19-22(2)31(21)32-29-15-7-4-11-24(29)20-25-12-5-8-16-30(25)32;1-20-12-11-18-24(27-2)26(20)23-17-9-10-19-25(23)28(21-13-5-3-6-14-21)22-15-7-4-8-16-22;1-6-4-8(13-3)5-7(2)9(6)10(11)12/h6-24H,1-5H3;3-19H,1-2H3;3-20H,1-2H3;9-12,17-19,21-22H,3-8,13-16H2,1-2H3;4-5,11-12H,1-3H3. The van der Waals surface area contributed by atoms with Crippen LogP contribution in [0.1, 0.15) is 125 Å². The third-order valence-corrected chi connectivity index (χ3v) is 35.5. The average Bonchev–Trinajstić information content (AvgIpc) is 0.722. The Balaban J connectivity index is 0.000000116. The monoisotopic (exact) mass is 2010 g/mol. The molecule has 0 saturated heterocycles. The van der Waals surface area contributed by atoms with E-state index in [1.807, 2.05) is 21.0 Å². The number of hydrogen-bond donors (Lipinski definition) is 2. The number of benzene rings is 22. The fraction of sp³-hybridized carbons (Fsp3) is 0.186. The first-order valence-corrected chi connectivity index (χ1v) is 54.8. The van der Waals surface area contributed by atoms with Crippen LogP contribution in [0.25, 0.3) is 186 Å². The molecule has 2 saturated carbocycles. The highest BCUT2D eigenvalue weighted by Gasteiger charge is 2.35. The van der Waals surface area contributed by atoms with Gasteiger partial charge in [0, 0.05) is 10.0 Å². The van der Waals surface area contributed by atoms with Crippen molar-refractivity contribution in [3.05, 3.63) is 448 Å². The molecule has 2 aliphatic carbocycles. The maximum absolute atomic E-state index is 9.06. The van der Waals surface area contributed by atoms with Gasteiger partial charge in [-0.1, -0.05) is 392 Å². The van der Waals surface area contributed by atoms with Gasteiger partial charge >= 0.3 is 7.12 Å². The minimum atomic E-state index is -1.41. The molecule has 734 valence electrons. The van der Waals surface area contributed by atoms with Gasteiger partial charge in [0.15, 0.2) is 0 Å². The molecule has 0 unspecified atom stereocenters. The lowest BCUT2D eigenvalue weighted by molar-refractivity contribution is 0.413. The van der Waals surface area contributed by atoms with Crippen molar-refractivity contribution in [2.45, 2.75) is 152 Å². The molecule has 24 rings (SSSR count). The molecule has 0 radical (unpaired) electrons. The van der Waals surface area contributed by atoms with E-state index in [4.69, 9.17) is 24.3 Å². The Labute approximate surface area is 883 Å². The van der Waals surface area contributed by atoms with Crippen molar-refractivity contribution in [2.24, 2.45) is 0 Å². The summed E-state index contributed by atoms with van der Waals surface area (Å²) in [5.41, 5.74) is 36.6. The fourth-order valence-corrected chi connectivity index (χ4v) is 29.3. The largest absolute Gasteiger partial charge is 0.497 e. The van der Waals surface area contributed by atoms with E-state index in [2.05, 4.69) is 448 Å². The summed E-state index contributed by atoms with van der Waals surface area (Å²) in [6.45, 7) is 23.8. The van der Waals surface area contributed by atoms with Crippen molar-refractivity contribution in [2.75, 3.05) is 21.3 Å². The van der Waals surface area contributed by atoms with Crippen LogP contribution >= 0.6 is 23.9 Å². The number of halogens is 1. The van der Waals surface area contributed by atoms with E-state index < -0.39 is 7.12 Å². The maximum Gasteiger partial charge on any atom is 0.488 e. The predicted molar refractivity (Wildman–Crippen MR) is 643 cm³/mol. The lowest BCUT2D eigenvalue weighted by atomic mass is 9.74. The number of aryl methyl sites for hydroxylation is 11. The molecule has 0 spiro atoms. The zero-order valence-electron chi connectivity index (χ0n) is 87.6. The summed E-state index contributed by atoms with van der Waals surface area (Å²) in [5.74, 6) is 2.66. The highest BCUT2D eigenvalue weighted by Crippen LogP contribution is 2.58. The molecule has 0 aromatic heterocycles. The van der Waals surface area contributed by atoms with Crippen LogP contribution < -0.4 is 25.0 Å². The number of hydrogen-bond acceptors (Lipinski definition) is 5. The van der Waals surface area contributed by atoms with Crippen LogP contribution in [0.5, 0.6) is 17.2 Å². The highest BCUT2D eigenvalue weighted by atomic mass is 79.9. The summed E-state index contributed by atoms with van der Waals surface area (Å²) in [5, 5.41) is 42.9. The van der Waals surface area contributed by atoms with Crippen molar-refractivity contribution in [1.29, 1.82) is 0 Å². The normalized spacial score (nSPS) is 12.8. The second-order valence-electron chi connectivity index (χ2n) is 40.7. The molecule has 0 atom stereocenters. The molecule has 2 N–H and O–H groups in total. The minimum absolute atomic E-state index is 0.122. The van der Waals surface area contributed by atoms with Gasteiger partial charge in [-0.15, -0.1) is 0 Å². The summed E-state index contributed by atoms with van der Waals surface area (Å²) in [7, 11) is 3.60. The van der Waals surface area contributed by atoms with Crippen LogP contribution in [-0.4, -0.2) is 49.8 Å². The highest BCUT2D eigenvalue weighted by molar-refractivity contribution is 9.10. The lowest BCUT2D eigenvalue weighted by Crippen LogP contribution is -2.34. The Kier molecular flexibility index (Phi) is 30.4. The van der Waals surface area contributed by atoms with Gasteiger partial charge in [-0.2, -0.15) is 0 Å². The Morgan fingerprint density at radius 2 is 0.493 bits per heavy atom. The van der Waals surface area contributed by atoms with E-state index in [0.717, 1.165) is 39.7 Å². The van der Waals surface area contributed by atoms with Gasteiger partial charge in [0.1, 0.15) is 17.2 Å². The van der Waals surface area contributed by atoms with Crippen LogP contribution in [0.2, 0.25) is 0 Å². The first-order chi connectivity index (χ1) is 72.1. The molecule has 22 aromatic rings. The van der Waals surface area contributed by atoms with Gasteiger partial charge in [0.2, 0.25) is 0 Å². The Morgan fingerprint density at radius 3 is 0.831 bits per heavy atom. The summed E-state index contributed by atoms with van der Waals surface area (Å²) in [6.07, 6.45) is 14.4. The number of fused-ring (bicyclic) bond motifs is 9. The predicted octanol–water partition coefficient (Wildman–Crippen LogP) is 37.8. The molecule has 5 nitrogen and oxygen atoms in total. The molecule has 148 heavy (non-hydrogen) atoms. The van der Waals surface area contributed by atoms with Gasteiger partial charge in [0.05, 0.1) is 21.3 Å². The van der Waals surface area contributed by atoms with E-state index in [1.165, 1.54) is 305 Å². The summed E-state index contributed by atoms with van der Waals surface area (Å²) >= 11 is 3.89. The number of rotatable bonds is 15. The maximum atomic E-state index is 9.06. The lowest BCUT2D eigenvalue weighted by Gasteiger charge is -2.39. The smallest absolute Gasteiger partial charge is 0.488 e. The van der Waals surface area contributed by atoms with E-state index in [9.17, 15) is 0 Å². The van der Waals surface area contributed by atoms with Crippen LogP contribution in [0, 0.1) is 76.2 Å². The van der Waals surface area contributed by atoms with E-state index in [-0.39, 0.29) is 7.92 Å². The third kappa shape index (κ3) is 20.1. The molecular formula is C140H129BBrO5P. The molecule has 2 fully saturated rings. The molecule has 0 aliphatic heterocycles. The van der Waals surface area contributed by atoms with Gasteiger partial charge in [-0.3, -0.25) is 0 Å². The van der Waals surface area contributed by atoms with E-state index in [0.29, 0.717) is 5.46 Å². The zero-order chi connectivity index (χ0) is 102. The van der Waals surface area contributed by atoms with Gasteiger partial charge in [-0.05, 0) is 418 Å². The van der Waals surface area contributed by atoms with Gasteiger partial charge < -0.3 is 24.3 Å². The summed E-state index contributed by atoms with van der Waals surface area (Å²) < 4.78 is 17.6. The number of ether oxygens (including phenoxy) is 3. The van der Waals surface area contributed by atoms with Crippen LogP contribution in [-0.2, 0) is 0 Å². The molecule has 0 amide bonds. The topological polar surface area (TPSA) is 68.2 Å². The fourth-order valence-electron chi connectivity index (χ4n) is 24.6. The summed E-state index contributed by atoms with van der Waals surface area (Å²) in [6, 6.07) is 139. The van der Waals surface area contributed by atoms with E-state index in [1.54, 1.807) is 31.7 Å². The Hall–Kier alpha value is -14.5. The first kappa shape index (κ1) is 101. The third-order valence-electron chi connectivity index (χ3n) is 31.1. The van der Waals surface area contributed by atoms with Crippen molar-refractivity contribution >= 4 is 139 Å². The van der Waals surface area contributed by atoms with Crippen LogP contribution in [0.4, 0.5) is 0 Å². The Morgan fingerprint density at radius 1 is 0.230 bits per heavy atom. The van der Waals surface area contributed by atoms with Crippen molar-refractivity contribution in [3.8, 4) is 106 Å². The molecule has 2 aliphatic rings. The SMILES string of the molecule is COc1cc(C)c(-c2c3ccccc3c(-c3c(C)cc(-c4cccc5ccccc45)cc3C)c3ccccc23)c(C)c1.COc1cc(C)c(B(O)O)c(C)c1.COc1cccc(C)c1-c1ccccc1P(C1CCCCC1)C1CCCCC1.Cc1cc(-c2cccc3ccccc23)cc(C)c1-c1c2ccccc2c(Br)c2ccccc12.Cc1cc(-c2cccc3ccccc23)cc(C)c1-c1c2ccccc2cc2ccccc12. The van der Waals surface area contributed by atoms with Crippen molar-refractivity contribution in [3.63, 3.8) is 0 Å². The van der Waals surface area contributed by atoms with Crippen molar-refractivity contribution in [1.82, 2.24) is 0 Å². The molecule has 8 heteroatoms. The molecule has 0 heterocycles. The summed E-state index contributed by atoms with van der Waals surface area (Å²) in [4.78, 5) is 0. The quantitative estimate of drug-likeness (QED) is 0.0608. The molecule has 22 aromatic carbocycles. The molecular weight excluding hydrogens is 1880 g/mol. The van der Waals surface area contributed by atoms with Crippen molar-refractivity contribution < 1.29 is 24.3 Å². The average molecular weight is 2010 g/mol. The first-order valence-electron chi connectivity index (χ1n) is 52.6. The van der Waals surface area contributed by atoms with Crippen LogP contribution in [0.15, 0.2) is 387 Å². The second-order valence-corrected chi connectivity index (χ2v) is 44.2. The minimum Gasteiger partial charge on any atom is -0.497 e. The van der Waals surface area contributed by atoms with Gasteiger partial charge in [-0.25, -0.2) is 0 Å². The number of methoxy groups -OCH3 is 3. The van der Waals surface area contributed by atoms with Crippen LogP contribution in [0.3, 0.4) is 0 Å². The van der Waals surface area contributed by atoms with Gasteiger partial charge in [0.25, 0.3) is 0 Å². The Bertz CT molecular complexity index is 8460. The second kappa shape index (κ2) is 44.6. The zero-order valence-corrected chi connectivity index (χ0v) is 90.1. The molecule has 0 bridgehead atoms.